The highest BCUT2D eigenvalue weighted by Gasteiger charge is 2.29. The molecule has 1 aliphatic heterocycles. The van der Waals surface area contributed by atoms with Crippen molar-refractivity contribution in [3.63, 3.8) is 0 Å². The Morgan fingerprint density at radius 1 is 1.42 bits per heavy atom. The van der Waals surface area contributed by atoms with Gasteiger partial charge in [0.2, 0.25) is 5.91 Å². The predicted octanol–water partition coefficient (Wildman–Crippen LogP) is 1.62. The minimum atomic E-state index is -0.879. The average molecular weight is 327 g/mol. The Balaban J connectivity index is 2.07. The molecule has 5 nitrogen and oxygen atoms in total. The normalized spacial score (nSPS) is 19.5. The number of nitrogens with zero attached hydrogens (tertiary/aromatic N) is 1. The molecule has 1 fully saturated rings. The zero-order valence-electron chi connectivity index (χ0n) is 10.3. The molecule has 1 heterocycles. The molecule has 0 bridgehead atoms. The monoisotopic (exact) mass is 326 g/mol. The summed E-state index contributed by atoms with van der Waals surface area (Å²) in [5, 5.41) is 11.8. The lowest BCUT2D eigenvalue weighted by atomic mass is 10.1. The zero-order valence-corrected chi connectivity index (χ0v) is 11.9. The van der Waals surface area contributed by atoms with Gasteiger partial charge in [-0.05, 0) is 30.7 Å². The van der Waals surface area contributed by atoms with Crippen LogP contribution in [-0.2, 0) is 9.59 Å². The Hall–Kier alpha value is -1.40. The molecule has 1 aromatic rings. The molecule has 0 aromatic heterocycles. The van der Waals surface area contributed by atoms with Gasteiger partial charge >= 0.3 is 5.97 Å². The molecule has 0 radical (unpaired) electrons. The lowest BCUT2D eigenvalue weighted by Gasteiger charge is -2.33. The number of nitrogens with one attached hydrogen (secondary N) is 1. The fraction of sp³-hybridized carbons (Fsp3) is 0.385. The van der Waals surface area contributed by atoms with Gasteiger partial charge in [-0.1, -0.05) is 15.9 Å². The molecule has 2 N–H and O–H groups in total. The van der Waals surface area contributed by atoms with Crippen molar-refractivity contribution < 1.29 is 14.7 Å². The number of carbonyl (C=O) groups is 2. The molecule has 2 rings (SSSR count). The third-order valence-corrected chi connectivity index (χ3v) is 3.60. The molecule has 1 aliphatic rings. The van der Waals surface area contributed by atoms with Crippen molar-refractivity contribution in [2.24, 2.45) is 0 Å². The van der Waals surface area contributed by atoms with Gasteiger partial charge in [-0.25, -0.2) is 0 Å². The molecular formula is C13H15BrN2O3. The molecule has 19 heavy (non-hydrogen) atoms. The quantitative estimate of drug-likeness (QED) is 0.882. The van der Waals surface area contributed by atoms with Crippen LogP contribution in [0.4, 0.5) is 5.69 Å². The number of aliphatic carboxylic acids is 1. The van der Waals surface area contributed by atoms with Crippen LogP contribution in [0.15, 0.2) is 28.7 Å². The lowest BCUT2D eigenvalue weighted by Crippen LogP contribution is -2.55. The molecule has 6 heteroatoms. The number of carboxylic acid groups (broad SMARTS) is 1. The van der Waals surface area contributed by atoms with Crippen molar-refractivity contribution in [3.05, 3.63) is 28.7 Å². The topological polar surface area (TPSA) is 69.6 Å². The van der Waals surface area contributed by atoms with Gasteiger partial charge < -0.3 is 15.3 Å². The number of piperazine rings is 1. The molecule has 1 aromatic carbocycles. The third-order valence-electron chi connectivity index (χ3n) is 3.08. The number of anilines is 1. The summed E-state index contributed by atoms with van der Waals surface area (Å²) in [5.41, 5.74) is 0.843. The van der Waals surface area contributed by atoms with E-state index in [1.807, 2.05) is 24.3 Å². The number of hydrogen-bond acceptors (Lipinski definition) is 3. The Morgan fingerprint density at radius 3 is 2.74 bits per heavy atom. The SMILES string of the molecule is O=C(O)CCC1NCCN(c2ccc(Br)cc2)C1=O. The first-order valence-corrected chi connectivity index (χ1v) is 6.89. The van der Waals surface area contributed by atoms with E-state index in [-0.39, 0.29) is 12.3 Å². The van der Waals surface area contributed by atoms with E-state index >= 15 is 0 Å². The summed E-state index contributed by atoms with van der Waals surface area (Å²) in [6.45, 7) is 1.27. The molecule has 0 aliphatic carbocycles. The smallest absolute Gasteiger partial charge is 0.303 e. The third kappa shape index (κ3) is 3.54. The first-order chi connectivity index (χ1) is 9.08. The molecule has 1 unspecified atom stereocenters. The van der Waals surface area contributed by atoms with Crippen molar-refractivity contribution in [2.75, 3.05) is 18.0 Å². The van der Waals surface area contributed by atoms with Crippen LogP contribution in [0.3, 0.4) is 0 Å². The summed E-state index contributed by atoms with van der Waals surface area (Å²) in [6.07, 6.45) is 0.318. The largest absolute Gasteiger partial charge is 0.481 e. The number of hydrogen-bond donors (Lipinski definition) is 2. The molecule has 0 saturated carbocycles. The molecule has 0 spiro atoms. The Labute approximate surface area is 119 Å². The maximum atomic E-state index is 12.3. The molecule has 1 amide bonds. The van der Waals surface area contributed by atoms with Gasteiger partial charge in [-0.2, -0.15) is 0 Å². The summed E-state index contributed by atoms with van der Waals surface area (Å²) >= 11 is 3.36. The van der Waals surface area contributed by atoms with E-state index in [0.717, 1.165) is 10.2 Å². The van der Waals surface area contributed by atoms with Crippen LogP contribution in [-0.4, -0.2) is 36.1 Å². The van der Waals surface area contributed by atoms with E-state index in [9.17, 15) is 9.59 Å². The molecule has 102 valence electrons. The lowest BCUT2D eigenvalue weighted by molar-refractivity contribution is -0.137. The summed E-state index contributed by atoms with van der Waals surface area (Å²) in [5.74, 6) is -0.940. The first kappa shape index (κ1) is 14.0. The second-order valence-electron chi connectivity index (χ2n) is 4.41. The van der Waals surface area contributed by atoms with Gasteiger partial charge in [0.1, 0.15) is 0 Å². The number of rotatable bonds is 4. The number of carbonyl (C=O) groups excluding carboxylic acids is 1. The minimum Gasteiger partial charge on any atom is -0.481 e. The van der Waals surface area contributed by atoms with Gasteiger partial charge in [0, 0.05) is 29.7 Å². The van der Waals surface area contributed by atoms with Crippen LogP contribution in [0.25, 0.3) is 0 Å². The van der Waals surface area contributed by atoms with Gasteiger partial charge in [-0.3, -0.25) is 9.59 Å². The van der Waals surface area contributed by atoms with Gasteiger partial charge in [0.05, 0.1) is 6.04 Å². The maximum Gasteiger partial charge on any atom is 0.303 e. The van der Waals surface area contributed by atoms with Gasteiger partial charge in [0.15, 0.2) is 0 Å². The van der Waals surface area contributed by atoms with E-state index in [0.29, 0.717) is 19.5 Å². The first-order valence-electron chi connectivity index (χ1n) is 6.10. The van der Waals surface area contributed by atoms with Crippen molar-refractivity contribution in [1.29, 1.82) is 0 Å². The summed E-state index contributed by atoms with van der Waals surface area (Å²) in [4.78, 5) is 24.6. The average Bonchev–Trinajstić information content (AvgIpc) is 2.39. The van der Waals surface area contributed by atoms with E-state index in [1.165, 1.54) is 0 Å². The van der Waals surface area contributed by atoms with Crippen LogP contribution in [0, 0.1) is 0 Å². The maximum absolute atomic E-state index is 12.3. The summed E-state index contributed by atoms with van der Waals surface area (Å²) in [6, 6.07) is 7.12. The highest BCUT2D eigenvalue weighted by atomic mass is 79.9. The van der Waals surface area contributed by atoms with Crippen molar-refractivity contribution in [1.82, 2.24) is 5.32 Å². The summed E-state index contributed by atoms with van der Waals surface area (Å²) in [7, 11) is 0. The number of carboxylic acids is 1. The molecule has 1 atom stereocenters. The number of amides is 1. The fourth-order valence-electron chi connectivity index (χ4n) is 2.11. The highest BCUT2D eigenvalue weighted by Crippen LogP contribution is 2.21. The predicted molar refractivity (Wildman–Crippen MR) is 75.2 cm³/mol. The van der Waals surface area contributed by atoms with Crippen molar-refractivity contribution >= 4 is 33.5 Å². The standard InChI is InChI=1S/C13H15BrN2O3/c14-9-1-3-10(4-2-9)16-8-7-15-11(13(16)19)5-6-12(17)18/h1-4,11,15H,5-8H2,(H,17,18). The Morgan fingerprint density at radius 2 is 2.11 bits per heavy atom. The van der Waals surface area contributed by atoms with Crippen LogP contribution in [0.5, 0.6) is 0 Å². The zero-order chi connectivity index (χ0) is 13.8. The van der Waals surface area contributed by atoms with Crippen LogP contribution in [0.1, 0.15) is 12.8 Å². The Kier molecular flexibility index (Phi) is 4.55. The second kappa shape index (κ2) is 6.16. The van der Waals surface area contributed by atoms with E-state index < -0.39 is 12.0 Å². The highest BCUT2D eigenvalue weighted by molar-refractivity contribution is 9.10. The van der Waals surface area contributed by atoms with Crippen LogP contribution < -0.4 is 10.2 Å². The van der Waals surface area contributed by atoms with Crippen molar-refractivity contribution in [3.8, 4) is 0 Å². The van der Waals surface area contributed by atoms with Crippen molar-refractivity contribution in [2.45, 2.75) is 18.9 Å². The molecular weight excluding hydrogens is 312 g/mol. The number of benzene rings is 1. The summed E-state index contributed by atoms with van der Waals surface area (Å²) < 4.78 is 0.960. The fourth-order valence-corrected chi connectivity index (χ4v) is 2.37. The minimum absolute atomic E-state index is 0.00240. The van der Waals surface area contributed by atoms with Gasteiger partial charge in [-0.15, -0.1) is 0 Å². The Bertz CT molecular complexity index is 475. The van der Waals surface area contributed by atoms with E-state index in [4.69, 9.17) is 5.11 Å². The van der Waals surface area contributed by atoms with E-state index in [2.05, 4.69) is 21.2 Å². The van der Waals surface area contributed by atoms with Gasteiger partial charge in [0.25, 0.3) is 0 Å². The van der Waals surface area contributed by atoms with Crippen LogP contribution >= 0.6 is 15.9 Å². The van der Waals surface area contributed by atoms with E-state index in [1.54, 1.807) is 4.90 Å². The van der Waals surface area contributed by atoms with Crippen LogP contribution in [0.2, 0.25) is 0 Å². The molecule has 1 saturated heterocycles. The second-order valence-corrected chi connectivity index (χ2v) is 5.32. The number of halogens is 1.